The monoisotopic (exact) mass is 372 g/mol. The van der Waals surface area contributed by atoms with Gasteiger partial charge >= 0.3 is 11.9 Å². The Labute approximate surface area is 155 Å². The zero-order chi connectivity index (χ0) is 20.2. The van der Waals surface area contributed by atoms with Gasteiger partial charge in [-0.15, -0.1) is 0 Å². The fraction of sp³-hybridized carbons (Fsp3) is 0.789. The Kier molecular flexibility index (Phi) is 11.9. The molecule has 0 saturated heterocycles. The number of carbonyl (C=O) groups excluding carboxylic acids is 4. The van der Waals surface area contributed by atoms with E-state index < -0.39 is 35.2 Å². The van der Waals surface area contributed by atoms with E-state index in [2.05, 4.69) is 11.7 Å². The molecule has 0 rings (SSSR count). The van der Waals surface area contributed by atoms with E-state index in [-0.39, 0.29) is 6.42 Å². The molecular formula is C19H32O7. The van der Waals surface area contributed by atoms with E-state index in [1.165, 1.54) is 32.1 Å². The predicted octanol–water partition coefficient (Wildman–Crippen LogP) is 2.25. The second-order valence-corrected chi connectivity index (χ2v) is 6.65. The van der Waals surface area contributed by atoms with Crippen LogP contribution in [0.4, 0.5) is 0 Å². The summed E-state index contributed by atoms with van der Waals surface area (Å²) in [6.07, 6.45) is 7.13. The van der Waals surface area contributed by atoms with Gasteiger partial charge in [-0.25, -0.2) is 4.79 Å². The number of ketones is 2. The Morgan fingerprint density at radius 1 is 0.846 bits per heavy atom. The van der Waals surface area contributed by atoms with Crippen molar-refractivity contribution in [1.82, 2.24) is 0 Å². The van der Waals surface area contributed by atoms with Crippen LogP contribution in [0.3, 0.4) is 0 Å². The summed E-state index contributed by atoms with van der Waals surface area (Å²) in [5.41, 5.74) is -2.89. The summed E-state index contributed by atoms with van der Waals surface area (Å²) in [6, 6.07) is 0. The molecule has 0 amide bonds. The molecule has 150 valence electrons. The van der Waals surface area contributed by atoms with Gasteiger partial charge in [-0.2, -0.15) is 0 Å². The van der Waals surface area contributed by atoms with E-state index >= 15 is 0 Å². The van der Waals surface area contributed by atoms with Crippen molar-refractivity contribution >= 4 is 23.5 Å². The van der Waals surface area contributed by atoms with E-state index in [0.717, 1.165) is 33.1 Å². The minimum absolute atomic E-state index is 0.00708. The number of hydrogen-bond donors (Lipinski definition) is 2. The molecule has 26 heavy (non-hydrogen) atoms. The van der Waals surface area contributed by atoms with Crippen LogP contribution in [0.15, 0.2) is 0 Å². The number of esters is 2. The first-order valence-electron chi connectivity index (χ1n) is 9.34. The van der Waals surface area contributed by atoms with Crippen molar-refractivity contribution in [3.05, 3.63) is 0 Å². The highest BCUT2D eigenvalue weighted by Crippen LogP contribution is 2.16. The molecule has 0 bridgehead atoms. The molecule has 0 aliphatic carbocycles. The van der Waals surface area contributed by atoms with Crippen molar-refractivity contribution in [2.24, 2.45) is 0 Å². The van der Waals surface area contributed by atoms with Crippen molar-refractivity contribution in [2.75, 3.05) is 0 Å². The van der Waals surface area contributed by atoms with Crippen LogP contribution in [0.5, 0.6) is 0 Å². The first kappa shape index (κ1) is 24.4. The zero-order valence-corrected chi connectivity index (χ0v) is 16.1. The molecule has 1 unspecified atom stereocenters. The Balaban J connectivity index is 4.11. The van der Waals surface area contributed by atoms with E-state index in [1.807, 2.05) is 0 Å². The quantitative estimate of drug-likeness (QED) is 0.273. The van der Waals surface area contributed by atoms with Gasteiger partial charge in [0.15, 0.2) is 17.7 Å². The molecule has 2 N–H and O–H groups in total. The van der Waals surface area contributed by atoms with Crippen molar-refractivity contribution in [3.8, 4) is 0 Å². The van der Waals surface area contributed by atoms with Crippen LogP contribution in [0.25, 0.3) is 0 Å². The Morgan fingerprint density at radius 3 is 1.69 bits per heavy atom. The lowest BCUT2D eigenvalue weighted by atomic mass is 9.88. The van der Waals surface area contributed by atoms with Gasteiger partial charge in [-0.1, -0.05) is 58.3 Å². The van der Waals surface area contributed by atoms with Crippen LogP contribution in [-0.2, 0) is 23.9 Å². The number of rotatable bonds is 14. The van der Waals surface area contributed by atoms with Crippen molar-refractivity contribution in [3.63, 3.8) is 0 Å². The van der Waals surface area contributed by atoms with Crippen LogP contribution in [-0.4, -0.2) is 45.4 Å². The molecule has 0 radical (unpaired) electrons. The average molecular weight is 372 g/mol. The molecule has 0 aromatic heterocycles. The molecule has 0 aromatic rings. The molecule has 0 heterocycles. The van der Waals surface area contributed by atoms with Gasteiger partial charge in [0, 0.05) is 6.42 Å². The van der Waals surface area contributed by atoms with Crippen molar-refractivity contribution in [1.29, 1.82) is 0 Å². The smallest absolute Gasteiger partial charge is 0.346 e. The fourth-order valence-electron chi connectivity index (χ4n) is 2.60. The second kappa shape index (κ2) is 12.7. The number of hydrogen-bond acceptors (Lipinski definition) is 7. The molecule has 1 atom stereocenters. The normalized spacial score (nSPS) is 12.5. The number of aliphatic hydroxyl groups excluding tert-OH is 1. The first-order valence-corrected chi connectivity index (χ1v) is 9.34. The maximum absolute atomic E-state index is 11.7. The van der Waals surface area contributed by atoms with Gasteiger partial charge < -0.3 is 14.9 Å². The van der Waals surface area contributed by atoms with E-state index in [1.54, 1.807) is 0 Å². The van der Waals surface area contributed by atoms with Gasteiger partial charge in [0.2, 0.25) is 5.60 Å². The second-order valence-electron chi connectivity index (χ2n) is 6.65. The largest absolute Gasteiger partial charge is 0.391 e. The van der Waals surface area contributed by atoms with E-state index in [4.69, 9.17) is 0 Å². The maximum Gasteiger partial charge on any atom is 0.346 e. The summed E-state index contributed by atoms with van der Waals surface area (Å²) in [5, 5.41) is 19.6. The average Bonchev–Trinajstić information content (AvgIpc) is 2.58. The zero-order valence-electron chi connectivity index (χ0n) is 16.1. The Morgan fingerprint density at radius 2 is 1.27 bits per heavy atom. The molecule has 0 fully saturated rings. The van der Waals surface area contributed by atoms with E-state index in [9.17, 15) is 29.4 Å². The number of ether oxygens (including phenoxy) is 1. The summed E-state index contributed by atoms with van der Waals surface area (Å²) < 4.78 is 4.44. The molecule has 7 nitrogen and oxygen atoms in total. The molecule has 0 aromatic carbocycles. The van der Waals surface area contributed by atoms with Crippen LogP contribution in [0, 0.1) is 0 Å². The Hall–Kier alpha value is -1.60. The SMILES string of the molecule is CCCCCCCCCCCC(=O)OC(=O)C(O)C(O)(C(C)=O)C(C)=O. The molecule has 0 aliphatic heterocycles. The molecule has 0 saturated carbocycles. The van der Waals surface area contributed by atoms with Crippen LogP contribution in [0.2, 0.25) is 0 Å². The fourth-order valence-corrected chi connectivity index (χ4v) is 2.60. The summed E-state index contributed by atoms with van der Waals surface area (Å²) in [5.74, 6) is -4.55. The van der Waals surface area contributed by atoms with E-state index in [0.29, 0.717) is 6.42 Å². The molecular weight excluding hydrogens is 340 g/mol. The third-order valence-corrected chi connectivity index (χ3v) is 4.39. The van der Waals surface area contributed by atoms with Crippen LogP contribution in [0.1, 0.15) is 85.0 Å². The minimum Gasteiger partial charge on any atom is -0.391 e. The standard InChI is InChI=1S/C19H32O7/c1-4-5-6-7-8-9-10-11-12-13-16(22)26-18(24)17(23)19(25,14(2)20)15(3)21/h17,23,25H,4-13H2,1-3H3. The molecule has 0 aliphatic rings. The highest BCUT2D eigenvalue weighted by atomic mass is 16.6. The lowest BCUT2D eigenvalue weighted by Crippen LogP contribution is -2.57. The van der Waals surface area contributed by atoms with Gasteiger partial charge in [0.1, 0.15) is 0 Å². The van der Waals surface area contributed by atoms with Gasteiger partial charge in [-0.3, -0.25) is 14.4 Å². The summed E-state index contributed by atoms with van der Waals surface area (Å²) in [6.45, 7) is 3.90. The summed E-state index contributed by atoms with van der Waals surface area (Å²) in [4.78, 5) is 46.1. The topological polar surface area (TPSA) is 118 Å². The first-order chi connectivity index (χ1) is 12.2. The lowest BCUT2D eigenvalue weighted by molar-refractivity contribution is -0.182. The minimum atomic E-state index is -2.89. The molecule has 7 heteroatoms. The Bertz CT molecular complexity index is 470. The lowest BCUT2D eigenvalue weighted by Gasteiger charge is -2.25. The predicted molar refractivity (Wildman–Crippen MR) is 95.3 cm³/mol. The highest BCUT2D eigenvalue weighted by Gasteiger charge is 2.50. The van der Waals surface area contributed by atoms with Crippen molar-refractivity contribution in [2.45, 2.75) is 96.7 Å². The summed E-state index contributed by atoms with van der Waals surface area (Å²) >= 11 is 0. The van der Waals surface area contributed by atoms with Crippen molar-refractivity contribution < 1.29 is 34.1 Å². The van der Waals surface area contributed by atoms with Crippen LogP contribution < -0.4 is 0 Å². The highest BCUT2D eigenvalue weighted by molar-refractivity contribution is 6.12. The van der Waals surface area contributed by atoms with Gasteiger partial charge in [-0.05, 0) is 20.3 Å². The van der Waals surface area contributed by atoms with Gasteiger partial charge in [0.05, 0.1) is 0 Å². The maximum atomic E-state index is 11.7. The van der Waals surface area contributed by atoms with Gasteiger partial charge in [0.25, 0.3) is 0 Å². The number of unbranched alkanes of at least 4 members (excludes halogenated alkanes) is 8. The van der Waals surface area contributed by atoms with Crippen LogP contribution >= 0.6 is 0 Å². The third-order valence-electron chi connectivity index (χ3n) is 4.39. The number of Topliss-reactive ketones (excluding diaryl/α,β-unsaturated/α-hetero) is 2. The summed E-state index contributed by atoms with van der Waals surface area (Å²) in [7, 11) is 0. The number of aliphatic hydroxyl groups is 2. The number of carbonyl (C=O) groups is 4. The molecule has 0 spiro atoms. The third kappa shape index (κ3) is 8.19.